The molecule has 1 aliphatic heterocycles. The van der Waals surface area contributed by atoms with Crippen LogP contribution in [0.3, 0.4) is 0 Å². The zero-order chi connectivity index (χ0) is 15.6. The van der Waals surface area contributed by atoms with Gasteiger partial charge >= 0.3 is 11.9 Å². The maximum absolute atomic E-state index is 12.1. The van der Waals surface area contributed by atoms with Gasteiger partial charge in [0.05, 0.1) is 13.2 Å². The number of esters is 1. The number of hydrogen-bond donors (Lipinski definition) is 3. The first kappa shape index (κ1) is 14.3. The molecule has 6 nitrogen and oxygen atoms in total. The number of aliphatic carboxylic acids is 1. The maximum atomic E-state index is 12.1. The monoisotopic (exact) mass is 294 g/mol. The summed E-state index contributed by atoms with van der Waals surface area (Å²) in [6.07, 6.45) is 3.39. The fourth-order valence-electron chi connectivity index (χ4n) is 4.27. The second kappa shape index (κ2) is 4.18. The van der Waals surface area contributed by atoms with Crippen LogP contribution >= 0.6 is 0 Å². The highest BCUT2D eigenvalue weighted by Crippen LogP contribution is 2.63. The normalized spacial score (nSPS) is 44.6. The van der Waals surface area contributed by atoms with Gasteiger partial charge in [0.2, 0.25) is 0 Å². The lowest BCUT2D eigenvalue weighted by Gasteiger charge is -2.49. The molecule has 3 rings (SSSR count). The van der Waals surface area contributed by atoms with E-state index in [1.807, 2.05) is 13.8 Å². The SMILES string of the molecule is CC1=C[C@@]23[C@H](C=C(C(=O)O)[C@@H]2COC(=O)[C@]3(O)CO)[C@H]1C. The fraction of sp³-hybridized carbons (Fsp3) is 0.600. The van der Waals surface area contributed by atoms with Gasteiger partial charge in [-0.15, -0.1) is 0 Å². The summed E-state index contributed by atoms with van der Waals surface area (Å²) in [4.78, 5) is 23.6. The lowest BCUT2D eigenvalue weighted by Crippen LogP contribution is -2.65. The van der Waals surface area contributed by atoms with Crippen molar-refractivity contribution < 1.29 is 29.6 Å². The summed E-state index contributed by atoms with van der Waals surface area (Å²) >= 11 is 0. The minimum absolute atomic E-state index is 0.00618. The van der Waals surface area contributed by atoms with Crippen LogP contribution in [0.1, 0.15) is 13.8 Å². The first-order valence-corrected chi connectivity index (χ1v) is 6.94. The van der Waals surface area contributed by atoms with Gasteiger partial charge in [-0.1, -0.05) is 24.6 Å². The predicted octanol–water partition coefficient (Wildman–Crippen LogP) is 0.106. The van der Waals surface area contributed by atoms with E-state index in [1.165, 1.54) is 0 Å². The van der Waals surface area contributed by atoms with E-state index < -0.39 is 35.5 Å². The van der Waals surface area contributed by atoms with E-state index in [2.05, 4.69) is 0 Å². The highest BCUT2D eigenvalue weighted by Gasteiger charge is 2.71. The molecule has 0 amide bonds. The molecule has 1 spiro atoms. The Hall–Kier alpha value is -1.66. The molecule has 3 aliphatic rings. The van der Waals surface area contributed by atoms with Gasteiger partial charge in [-0.25, -0.2) is 9.59 Å². The molecule has 0 saturated carbocycles. The standard InChI is InChI=1S/C15H18O6/c1-7-4-14-10(8(7)2)3-9(12(17)18)11(14)5-21-13(19)15(14,20)6-16/h3-4,8,10-11,16,20H,5-6H2,1-2H3,(H,17,18)/t8-,10+,11-,14+,15+/m0/s1. The Morgan fingerprint density at radius 2 is 2.19 bits per heavy atom. The molecule has 1 saturated heterocycles. The van der Waals surface area contributed by atoms with Crippen LogP contribution in [-0.4, -0.2) is 46.1 Å². The summed E-state index contributed by atoms with van der Waals surface area (Å²) in [6, 6.07) is 0. The number of allylic oxidation sites excluding steroid dienone is 2. The summed E-state index contributed by atoms with van der Waals surface area (Å²) in [7, 11) is 0. The van der Waals surface area contributed by atoms with E-state index in [0.29, 0.717) is 0 Å². The van der Waals surface area contributed by atoms with Crippen LogP contribution in [0, 0.1) is 23.2 Å². The number of cyclic esters (lactones) is 1. The zero-order valence-electron chi connectivity index (χ0n) is 11.9. The zero-order valence-corrected chi connectivity index (χ0v) is 11.9. The van der Waals surface area contributed by atoms with Gasteiger partial charge in [-0.2, -0.15) is 0 Å². The number of hydrogen-bond acceptors (Lipinski definition) is 5. The Morgan fingerprint density at radius 3 is 2.76 bits per heavy atom. The van der Waals surface area contributed by atoms with Crippen molar-refractivity contribution in [3.8, 4) is 0 Å². The molecule has 5 atom stereocenters. The molecule has 114 valence electrons. The summed E-state index contributed by atoms with van der Waals surface area (Å²) in [5.74, 6) is -2.95. The number of rotatable bonds is 2. The van der Waals surface area contributed by atoms with Crippen molar-refractivity contribution in [1.29, 1.82) is 0 Å². The smallest absolute Gasteiger partial charge is 0.341 e. The van der Waals surface area contributed by atoms with Crippen LogP contribution in [0.2, 0.25) is 0 Å². The first-order valence-electron chi connectivity index (χ1n) is 6.94. The average molecular weight is 294 g/mol. The van der Waals surface area contributed by atoms with Crippen LogP contribution in [0.15, 0.2) is 23.3 Å². The second-order valence-electron chi connectivity index (χ2n) is 6.23. The third-order valence-corrected chi connectivity index (χ3v) is 5.50. The molecule has 1 heterocycles. The number of aliphatic hydroxyl groups excluding tert-OH is 1. The average Bonchev–Trinajstić information content (AvgIpc) is 2.89. The number of carbonyl (C=O) groups excluding carboxylic acids is 1. The first-order chi connectivity index (χ1) is 9.79. The van der Waals surface area contributed by atoms with E-state index in [1.54, 1.807) is 12.2 Å². The number of carbonyl (C=O) groups is 2. The minimum Gasteiger partial charge on any atom is -0.478 e. The lowest BCUT2D eigenvalue weighted by atomic mass is 9.59. The van der Waals surface area contributed by atoms with Crippen LogP contribution < -0.4 is 0 Å². The Balaban J connectivity index is 2.23. The van der Waals surface area contributed by atoms with Crippen molar-refractivity contribution in [2.45, 2.75) is 19.4 Å². The van der Waals surface area contributed by atoms with Crippen molar-refractivity contribution in [3.63, 3.8) is 0 Å². The fourth-order valence-corrected chi connectivity index (χ4v) is 4.27. The molecular formula is C15H18O6. The summed E-state index contributed by atoms with van der Waals surface area (Å²) in [6.45, 7) is 2.94. The van der Waals surface area contributed by atoms with Gasteiger partial charge in [0.25, 0.3) is 0 Å². The third kappa shape index (κ3) is 1.44. The molecule has 2 aliphatic carbocycles. The molecule has 0 radical (unpaired) electrons. The minimum atomic E-state index is -2.11. The second-order valence-corrected chi connectivity index (χ2v) is 6.23. The molecule has 6 heteroatoms. The highest BCUT2D eigenvalue weighted by atomic mass is 16.6. The van der Waals surface area contributed by atoms with Crippen LogP contribution in [0.4, 0.5) is 0 Å². The van der Waals surface area contributed by atoms with Crippen molar-refractivity contribution in [2.75, 3.05) is 13.2 Å². The lowest BCUT2D eigenvalue weighted by molar-refractivity contribution is -0.212. The molecule has 3 N–H and O–H groups in total. The van der Waals surface area contributed by atoms with E-state index in [-0.39, 0.29) is 24.0 Å². The number of ether oxygens (including phenoxy) is 1. The highest BCUT2D eigenvalue weighted by molar-refractivity contribution is 5.91. The van der Waals surface area contributed by atoms with Gasteiger partial charge in [0, 0.05) is 16.9 Å². The number of carboxylic acids is 1. The largest absolute Gasteiger partial charge is 0.478 e. The van der Waals surface area contributed by atoms with E-state index in [9.17, 15) is 24.9 Å². The maximum Gasteiger partial charge on any atom is 0.341 e. The predicted molar refractivity (Wildman–Crippen MR) is 71.0 cm³/mol. The topological polar surface area (TPSA) is 104 Å². The molecule has 0 aromatic rings. The summed E-state index contributed by atoms with van der Waals surface area (Å²) < 4.78 is 4.97. The van der Waals surface area contributed by atoms with Gasteiger partial charge in [0.15, 0.2) is 5.60 Å². The number of carboxylic acid groups (broad SMARTS) is 1. The molecular weight excluding hydrogens is 276 g/mol. The van der Waals surface area contributed by atoms with Gasteiger partial charge in [0.1, 0.15) is 0 Å². The summed E-state index contributed by atoms with van der Waals surface area (Å²) in [5.41, 5.74) is -2.11. The Bertz CT molecular complexity index is 591. The molecule has 0 aromatic carbocycles. The van der Waals surface area contributed by atoms with E-state index in [0.717, 1.165) is 5.57 Å². The van der Waals surface area contributed by atoms with E-state index in [4.69, 9.17) is 4.74 Å². The third-order valence-electron chi connectivity index (χ3n) is 5.50. The Kier molecular flexibility index (Phi) is 2.84. The quantitative estimate of drug-likeness (QED) is 0.493. The van der Waals surface area contributed by atoms with Crippen molar-refractivity contribution in [3.05, 3.63) is 23.3 Å². The molecule has 0 unspecified atom stereocenters. The van der Waals surface area contributed by atoms with E-state index >= 15 is 0 Å². The van der Waals surface area contributed by atoms with Gasteiger partial charge < -0.3 is 20.1 Å². The van der Waals surface area contributed by atoms with Crippen LogP contribution in [0.25, 0.3) is 0 Å². The molecule has 0 aromatic heterocycles. The Labute approximate surface area is 121 Å². The number of aliphatic hydroxyl groups is 2. The molecule has 21 heavy (non-hydrogen) atoms. The van der Waals surface area contributed by atoms with Gasteiger partial charge in [-0.05, 0) is 18.8 Å². The molecule has 0 bridgehead atoms. The van der Waals surface area contributed by atoms with Crippen molar-refractivity contribution in [1.82, 2.24) is 0 Å². The van der Waals surface area contributed by atoms with Crippen molar-refractivity contribution >= 4 is 11.9 Å². The van der Waals surface area contributed by atoms with Crippen LogP contribution in [0.5, 0.6) is 0 Å². The Morgan fingerprint density at radius 1 is 1.52 bits per heavy atom. The van der Waals surface area contributed by atoms with Crippen LogP contribution in [-0.2, 0) is 14.3 Å². The van der Waals surface area contributed by atoms with Crippen molar-refractivity contribution in [2.24, 2.45) is 23.2 Å². The van der Waals surface area contributed by atoms with Gasteiger partial charge in [-0.3, -0.25) is 0 Å². The molecule has 1 fully saturated rings. The summed E-state index contributed by atoms with van der Waals surface area (Å²) in [5, 5.41) is 29.9.